The van der Waals surface area contributed by atoms with Crippen LogP contribution in [-0.4, -0.2) is 46.3 Å². The van der Waals surface area contributed by atoms with Crippen molar-refractivity contribution in [1.82, 2.24) is 0 Å². The third-order valence-electron chi connectivity index (χ3n) is 2.04. The maximum absolute atomic E-state index is 9.27. The highest BCUT2D eigenvalue weighted by atomic mass is 16.6. The summed E-state index contributed by atoms with van der Waals surface area (Å²) in [7, 11) is 0. The summed E-state index contributed by atoms with van der Waals surface area (Å²) < 4.78 is 5.13. The van der Waals surface area contributed by atoms with Crippen molar-refractivity contribution in [3.8, 4) is 0 Å². The van der Waals surface area contributed by atoms with Crippen LogP contribution in [0.25, 0.3) is 0 Å². The van der Waals surface area contributed by atoms with Gasteiger partial charge in [0.05, 0.1) is 12.7 Å². The van der Waals surface area contributed by atoms with Crippen molar-refractivity contribution in [3.63, 3.8) is 0 Å². The van der Waals surface area contributed by atoms with E-state index >= 15 is 0 Å². The lowest BCUT2D eigenvalue weighted by atomic mass is 10.1. The van der Waals surface area contributed by atoms with E-state index in [-0.39, 0.29) is 12.7 Å². The molecule has 1 saturated heterocycles. The van der Waals surface area contributed by atoms with Gasteiger partial charge in [-0.25, -0.2) is 0 Å². The summed E-state index contributed by atoms with van der Waals surface area (Å²) in [4.78, 5) is 0. The molecule has 1 aliphatic heterocycles. The van der Waals surface area contributed by atoms with Gasteiger partial charge < -0.3 is 20.1 Å². The molecule has 0 saturated carbocycles. The van der Waals surface area contributed by atoms with Gasteiger partial charge in [-0.15, -0.1) is 0 Å². The van der Waals surface area contributed by atoms with E-state index < -0.39 is 18.3 Å². The highest BCUT2D eigenvalue weighted by Crippen LogP contribution is 2.22. The molecule has 0 bridgehead atoms. The zero-order chi connectivity index (χ0) is 8.43. The van der Waals surface area contributed by atoms with Crippen LogP contribution < -0.4 is 0 Å². The third kappa shape index (κ3) is 1.54. The van der Waals surface area contributed by atoms with E-state index in [9.17, 15) is 10.2 Å². The van der Waals surface area contributed by atoms with E-state index in [1.807, 2.05) is 6.92 Å². The van der Waals surface area contributed by atoms with Crippen LogP contribution in [0.5, 0.6) is 0 Å². The largest absolute Gasteiger partial charge is 0.394 e. The van der Waals surface area contributed by atoms with Gasteiger partial charge in [-0.1, -0.05) is 6.92 Å². The maximum Gasteiger partial charge on any atom is 0.111 e. The Hall–Kier alpha value is -0.160. The molecule has 0 aliphatic carbocycles. The number of ether oxygens (including phenoxy) is 1. The Kier molecular flexibility index (Phi) is 2.84. The Morgan fingerprint density at radius 1 is 1.18 bits per heavy atom. The van der Waals surface area contributed by atoms with Crippen LogP contribution in [0.15, 0.2) is 0 Å². The van der Waals surface area contributed by atoms with Crippen molar-refractivity contribution in [1.29, 1.82) is 0 Å². The van der Waals surface area contributed by atoms with Gasteiger partial charge in [0.1, 0.15) is 18.3 Å². The van der Waals surface area contributed by atoms with Gasteiger partial charge in [-0.3, -0.25) is 0 Å². The van der Waals surface area contributed by atoms with E-state index in [2.05, 4.69) is 0 Å². The molecular weight excluding hydrogens is 148 g/mol. The second kappa shape index (κ2) is 3.49. The number of hydrogen-bond acceptors (Lipinski definition) is 4. The van der Waals surface area contributed by atoms with E-state index in [0.717, 1.165) is 0 Å². The smallest absolute Gasteiger partial charge is 0.111 e. The molecule has 4 atom stereocenters. The minimum atomic E-state index is -0.940. The predicted molar refractivity (Wildman–Crippen MR) is 38.1 cm³/mol. The molecule has 0 unspecified atom stereocenters. The SMILES string of the molecule is CC[C@@H]1O[C@H](CO)[C@@H](O)[C@H]1O. The van der Waals surface area contributed by atoms with Crippen LogP contribution in [0.3, 0.4) is 0 Å². The molecular formula is C7H14O4. The molecule has 1 heterocycles. The Bertz CT molecular complexity index is 110. The van der Waals surface area contributed by atoms with Gasteiger partial charge in [-0.05, 0) is 6.42 Å². The van der Waals surface area contributed by atoms with Crippen LogP contribution in [0.2, 0.25) is 0 Å². The summed E-state index contributed by atoms with van der Waals surface area (Å²) in [5, 5.41) is 27.2. The van der Waals surface area contributed by atoms with E-state index in [4.69, 9.17) is 9.84 Å². The Labute approximate surface area is 65.4 Å². The molecule has 0 aromatic carbocycles. The minimum Gasteiger partial charge on any atom is -0.394 e. The van der Waals surface area contributed by atoms with Crippen LogP contribution >= 0.6 is 0 Å². The molecule has 4 heteroatoms. The summed E-state index contributed by atoms with van der Waals surface area (Å²) >= 11 is 0. The highest BCUT2D eigenvalue weighted by Gasteiger charge is 2.40. The van der Waals surface area contributed by atoms with Crippen molar-refractivity contribution in [2.45, 2.75) is 37.8 Å². The summed E-state index contributed by atoms with van der Waals surface area (Å²) in [6.07, 6.45) is -2.09. The molecule has 0 aromatic rings. The molecule has 66 valence electrons. The van der Waals surface area contributed by atoms with E-state index in [0.29, 0.717) is 6.42 Å². The summed E-state index contributed by atoms with van der Waals surface area (Å²) in [5.41, 5.74) is 0. The molecule has 3 N–H and O–H groups in total. The van der Waals surface area contributed by atoms with E-state index in [1.54, 1.807) is 0 Å². The van der Waals surface area contributed by atoms with Gasteiger partial charge in [0.25, 0.3) is 0 Å². The topological polar surface area (TPSA) is 69.9 Å². The maximum atomic E-state index is 9.27. The van der Waals surface area contributed by atoms with Crippen LogP contribution in [0, 0.1) is 0 Å². The fourth-order valence-electron chi connectivity index (χ4n) is 1.31. The lowest BCUT2D eigenvalue weighted by Gasteiger charge is -2.11. The van der Waals surface area contributed by atoms with Gasteiger partial charge in [0, 0.05) is 0 Å². The predicted octanol–water partition coefficient (Wildman–Crippen LogP) is -1.12. The van der Waals surface area contributed by atoms with Gasteiger partial charge >= 0.3 is 0 Å². The average molecular weight is 162 g/mol. The first-order chi connectivity index (χ1) is 5.20. The van der Waals surface area contributed by atoms with Crippen molar-refractivity contribution in [3.05, 3.63) is 0 Å². The number of aliphatic hydroxyl groups is 3. The Balaban J connectivity index is 2.53. The third-order valence-corrected chi connectivity index (χ3v) is 2.04. The standard InChI is InChI=1S/C7H14O4/c1-2-4-6(9)7(10)5(3-8)11-4/h4-10H,2-3H2,1H3/t4-,5+,6-,7+/m0/s1. The monoisotopic (exact) mass is 162 g/mol. The zero-order valence-corrected chi connectivity index (χ0v) is 6.47. The first-order valence-corrected chi connectivity index (χ1v) is 3.83. The van der Waals surface area contributed by atoms with Gasteiger partial charge in [0.15, 0.2) is 0 Å². The van der Waals surface area contributed by atoms with Crippen molar-refractivity contribution < 1.29 is 20.1 Å². The van der Waals surface area contributed by atoms with E-state index in [1.165, 1.54) is 0 Å². The molecule has 1 rings (SSSR count). The molecule has 0 aromatic heterocycles. The highest BCUT2D eigenvalue weighted by molar-refractivity contribution is 4.89. The Morgan fingerprint density at radius 3 is 2.00 bits per heavy atom. The normalized spacial score (nSPS) is 44.7. The van der Waals surface area contributed by atoms with Crippen molar-refractivity contribution >= 4 is 0 Å². The van der Waals surface area contributed by atoms with Gasteiger partial charge in [0.2, 0.25) is 0 Å². The lowest BCUT2D eigenvalue weighted by molar-refractivity contribution is -0.0226. The Morgan fingerprint density at radius 2 is 1.73 bits per heavy atom. The zero-order valence-electron chi connectivity index (χ0n) is 6.47. The molecule has 0 radical (unpaired) electrons. The summed E-state index contributed by atoms with van der Waals surface area (Å²) in [6.45, 7) is 1.62. The average Bonchev–Trinajstić information content (AvgIpc) is 2.30. The van der Waals surface area contributed by atoms with Crippen LogP contribution in [0.1, 0.15) is 13.3 Å². The van der Waals surface area contributed by atoms with Gasteiger partial charge in [-0.2, -0.15) is 0 Å². The molecule has 0 amide bonds. The second-order valence-corrected chi connectivity index (χ2v) is 2.78. The van der Waals surface area contributed by atoms with Crippen LogP contribution in [-0.2, 0) is 4.74 Å². The lowest BCUT2D eigenvalue weighted by Crippen LogP contribution is -2.33. The molecule has 1 fully saturated rings. The molecule has 11 heavy (non-hydrogen) atoms. The number of aliphatic hydroxyl groups excluding tert-OH is 3. The second-order valence-electron chi connectivity index (χ2n) is 2.78. The summed E-state index contributed by atoms with van der Waals surface area (Å²) in [6, 6.07) is 0. The first-order valence-electron chi connectivity index (χ1n) is 3.83. The number of hydrogen-bond donors (Lipinski definition) is 3. The molecule has 0 spiro atoms. The molecule has 1 aliphatic rings. The van der Waals surface area contributed by atoms with Crippen molar-refractivity contribution in [2.24, 2.45) is 0 Å². The van der Waals surface area contributed by atoms with Crippen molar-refractivity contribution in [2.75, 3.05) is 6.61 Å². The summed E-state index contributed by atoms with van der Waals surface area (Å²) in [5.74, 6) is 0. The quantitative estimate of drug-likeness (QED) is 0.481. The first kappa shape index (κ1) is 8.93. The fraction of sp³-hybridized carbons (Fsp3) is 1.00. The van der Waals surface area contributed by atoms with Crippen LogP contribution in [0.4, 0.5) is 0 Å². The number of rotatable bonds is 2. The molecule has 4 nitrogen and oxygen atoms in total. The fourth-order valence-corrected chi connectivity index (χ4v) is 1.31. The minimum absolute atomic E-state index is 0.241.